The highest BCUT2D eigenvalue weighted by molar-refractivity contribution is 5.84. The number of fused-ring (bicyclic) bond motifs is 1. The minimum absolute atomic E-state index is 0.0413. The highest BCUT2D eigenvalue weighted by atomic mass is 14.7. The van der Waals surface area contributed by atoms with Gasteiger partial charge in [-0.1, -0.05) is 32.0 Å². The topological polar surface area (TPSA) is 41.8 Å². The highest BCUT2D eigenvalue weighted by Crippen LogP contribution is 2.29. The summed E-state index contributed by atoms with van der Waals surface area (Å²) in [5, 5.41) is 1.28. The second-order valence-corrected chi connectivity index (χ2v) is 4.34. The summed E-state index contributed by atoms with van der Waals surface area (Å²) in [7, 11) is 0. The van der Waals surface area contributed by atoms with Gasteiger partial charge in [0.1, 0.15) is 0 Å². The molecule has 0 aliphatic heterocycles. The molecule has 0 saturated heterocycles. The molecule has 0 spiro atoms. The van der Waals surface area contributed by atoms with E-state index >= 15 is 0 Å². The summed E-state index contributed by atoms with van der Waals surface area (Å²) < 4.78 is 0. The van der Waals surface area contributed by atoms with Gasteiger partial charge in [0.2, 0.25) is 0 Å². The van der Waals surface area contributed by atoms with Crippen molar-refractivity contribution in [1.29, 1.82) is 0 Å². The van der Waals surface area contributed by atoms with Crippen LogP contribution < -0.4 is 5.73 Å². The van der Waals surface area contributed by atoms with Crippen LogP contribution in [0.25, 0.3) is 10.9 Å². The van der Waals surface area contributed by atoms with E-state index in [9.17, 15) is 0 Å². The van der Waals surface area contributed by atoms with Crippen LogP contribution in [0.4, 0.5) is 0 Å². The van der Waals surface area contributed by atoms with E-state index < -0.39 is 0 Å². The first-order valence-corrected chi connectivity index (χ1v) is 4.92. The predicted octanol–water partition coefficient (Wildman–Crippen LogP) is 2.40. The van der Waals surface area contributed by atoms with Gasteiger partial charge in [-0.05, 0) is 11.6 Å². The Kier molecular flexibility index (Phi) is 2.08. The van der Waals surface area contributed by atoms with Gasteiger partial charge >= 0.3 is 0 Å². The lowest BCUT2D eigenvalue weighted by molar-refractivity contribution is 0.544. The third kappa shape index (κ3) is 1.32. The Bertz CT molecular complexity index is 440. The molecule has 0 atom stereocenters. The maximum atomic E-state index is 5.77. The minimum atomic E-state index is 0.0413. The van der Waals surface area contributed by atoms with Gasteiger partial charge in [0, 0.05) is 29.1 Å². The number of hydrogen-bond donors (Lipinski definition) is 2. The maximum absolute atomic E-state index is 5.77. The zero-order valence-electron chi connectivity index (χ0n) is 8.67. The number of hydrogen-bond acceptors (Lipinski definition) is 1. The van der Waals surface area contributed by atoms with Crippen LogP contribution >= 0.6 is 0 Å². The van der Waals surface area contributed by atoms with Crippen LogP contribution in [0, 0.1) is 0 Å². The van der Waals surface area contributed by atoms with Gasteiger partial charge in [-0.3, -0.25) is 0 Å². The first-order chi connectivity index (χ1) is 6.65. The summed E-state index contributed by atoms with van der Waals surface area (Å²) in [6, 6.07) is 8.33. The molecule has 3 N–H and O–H groups in total. The highest BCUT2D eigenvalue weighted by Gasteiger charge is 2.21. The van der Waals surface area contributed by atoms with Gasteiger partial charge in [-0.25, -0.2) is 0 Å². The fourth-order valence-corrected chi connectivity index (χ4v) is 1.74. The number of para-hydroxylation sites is 1. The van der Waals surface area contributed by atoms with Gasteiger partial charge in [0.15, 0.2) is 0 Å². The molecule has 0 radical (unpaired) electrons. The van der Waals surface area contributed by atoms with Crippen molar-refractivity contribution in [3.05, 3.63) is 36.0 Å². The van der Waals surface area contributed by atoms with Crippen molar-refractivity contribution in [3.8, 4) is 0 Å². The third-order valence-electron chi connectivity index (χ3n) is 2.83. The second-order valence-electron chi connectivity index (χ2n) is 4.34. The predicted molar refractivity (Wildman–Crippen MR) is 60.4 cm³/mol. The van der Waals surface area contributed by atoms with Gasteiger partial charge in [-0.15, -0.1) is 0 Å². The van der Waals surface area contributed by atoms with Gasteiger partial charge < -0.3 is 10.7 Å². The number of benzene rings is 1. The number of aromatic amines is 1. The van der Waals surface area contributed by atoms with Crippen LogP contribution in [0.1, 0.15) is 19.4 Å². The first-order valence-electron chi connectivity index (χ1n) is 4.92. The molecule has 2 rings (SSSR count). The average Bonchev–Trinajstić information content (AvgIpc) is 2.61. The minimum Gasteiger partial charge on any atom is -0.361 e. The number of rotatable bonds is 2. The number of nitrogens with two attached hydrogens (primary N) is 1. The number of nitrogens with one attached hydrogen (secondary N) is 1. The molecule has 0 fully saturated rings. The van der Waals surface area contributed by atoms with Crippen LogP contribution in [0.3, 0.4) is 0 Å². The largest absolute Gasteiger partial charge is 0.361 e. The van der Waals surface area contributed by atoms with Crippen LogP contribution in [0.2, 0.25) is 0 Å². The molecule has 1 aromatic carbocycles. The maximum Gasteiger partial charge on any atom is 0.0457 e. The Morgan fingerprint density at radius 1 is 1.29 bits per heavy atom. The summed E-state index contributed by atoms with van der Waals surface area (Å²) in [4.78, 5) is 3.27. The Morgan fingerprint density at radius 3 is 2.71 bits per heavy atom. The molecule has 1 heterocycles. The summed E-state index contributed by atoms with van der Waals surface area (Å²) >= 11 is 0. The van der Waals surface area contributed by atoms with E-state index in [1.165, 1.54) is 16.5 Å². The lowest BCUT2D eigenvalue weighted by atomic mass is 9.85. The monoisotopic (exact) mass is 188 g/mol. The van der Waals surface area contributed by atoms with E-state index in [1.54, 1.807) is 0 Å². The van der Waals surface area contributed by atoms with Crippen molar-refractivity contribution >= 4 is 10.9 Å². The van der Waals surface area contributed by atoms with E-state index in [0.29, 0.717) is 6.54 Å². The van der Waals surface area contributed by atoms with E-state index in [1.807, 2.05) is 6.07 Å². The van der Waals surface area contributed by atoms with Crippen molar-refractivity contribution in [1.82, 2.24) is 4.98 Å². The summed E-state index contributed by atoms with van der Waals surface area (Å²) in [6.07, 6.45) is 2.07. The molecular formula is C12H16N2. The smallest absolute Gasteiger partial charge is 0.0457 e. The summed E-state index contributed by atoms with van der Waals surface area (Å²) in [5.41, 5.74) is 8.30. The molecule has 0 saturated carbocycles. The molecule has 0 bridgehead atoms. The van der Waals surface area contributed by atoms with Gasteiger partial charge in [-0.2, -0.15) is 0 Å². The van der Waals surface area contributed by atoms with Crippen LogP contribution in [-0.2, 0) is 5.41 Å². The first kappa shape index (κ1) is 9.28. The van der Waals surface area contributed by atoms with E-state index in [2.05, 4.69) is 43.2 Å². The summed E-state index contributed by atoms with van der Waals surface area (Å²) in [6.45, 7) is 5.00. The zero-order valence-corrected chi connectivity index (χ0v) is 8.67. The lowest BCUT2D eigenvalue weighted by Gasteiger charge is -2.21. The second kappa shape index (κ2) is 3.14. The van der Waals surface area contributed by atoms with Crippen LogP contribution in [0.15, 0.2) is 30.5 Å². The van der Waals surface area contributed by atoms with Crippen molar-refractivity contribution in [2.45, 2.75) is 19.3 Å². The third-order valence-corrected chi connectivity index (χ3v) is 2.83. The quantitative estimate of drug-likeness (QED) is 0.746. The molecule has 14 heavy (non-hydrogen) atoms. The van der Waals surface area contributed by atoms with E-state index in [-0.39, 0.29) is 5.41 Å². The van der Waals surface area contributed by atoms with E-state index in [4.69, 9.17) is 5.73 Å². The fraction of sp³-hybridized carbons (Fsp3) is 0.333. The molecule has 2 aromatic rings. The van der Waals surface area contributed by atoms with Crippen molar-refractivity contribution in [3.63, 3.8) is 0 Å². The van der Waals surface area contributed by atoms with Gasteiger partial charge in [0.05, 0.1) is 0 Å². The van der Waals surface area contributed by atoms with Crippen molar-refractivity contribution in [2.75, 3.05) is 6.54 Å². The number of H-pyrrole nitrogens is 1. The summed E-state index contributed by atoms with van der Waals surface area (Å²) in [5.74, 6) is 0. The molecule has 0 amide bonds. The Morgan fingerprint density at radius 2 is 2.00 bits per heavy atom. The SMILES string of the molecule is CC(C)(CN)c1c[nH]c2ccccc12. The van der Waals surface area contributed by atoms with Crippen LogP contribution in [0.5, 0.6) is 0 Å². The molecule has 2 heteroatoms. The van der Waals surface area contributed by atoms with Crippen molar-refractivity contribution in [2.24, 2.45) is 5.73 Å². The average molecular weight is 188 g/mol. The fourth-order valence-electron chi connectivity index (χ4n) is 1.74. The zero-order chi connectivity index (χ0) is 10.2. The molecule has 0 unspecified atom stereocenters. The Hall–Kier alpha value is -1.28. The molecule has 74 valence electrons. The molecular weight excluding hydrogens is 172 g/mol. The molecule has 2 nitrogen and oxygen atoms in total. The molecule has 0 aliphatic carbocycles. The van der Waals surface area contributed by atoms with Crippen molar-refractivity contribution < 1.29 is 0 Å². The number of aromatic nitrogens is 1. The Balaban J connectivity index is 2.64. The van der Waals surface area contributed by atoms with E-state index in [0.717, 1.165) is 0 Å². The van der Waals surface area contributed by atoms with Crippen LogP contribution in [-0.4, -0.2) is 11.5 Å². The molecule has 0 aliphatic rings. The standard InChI is InChI=1S/C12H16N2/c1-12(2,8-13)10-7-14-11-6-4-3-5-9(10)11/h3-7,14H,8,13H2,1-2H3. The molecule has 1 aromatic heterocycles. The van der Waals surface area contributed by atoms with Gasteiger partial charge in [0.25, 0.3) is 0 Å². The normalized spacial score (nSPS) is 12.2. The Labute approximate surface area is 84.1 Å². The lowest BCUT2D eigenvalue weighted by Crippen LogP contribution is -2.27.